The van der Waals surface area contributed by atoms with Gasteiger partial charge in [0.25, 0.3) is 5.69 Å². The van der Waals surface area contributed by atoms with E-state index in [0.717, 1.165) is 4.88 Å². The third-order valence-corrected chi connectivity index (χ3v) is 3.83. The fourth-order valence-electron chi connectivity index (χ4n) is 1.89. The van der Waals surface area contributed by atoms with Crippen molar-refractivity contribution in [2.75, 3.05) is 5.32 Å². The predicted molar refractivity (Wildman–Crippen MR) is 84.4 cm³/mol. The third kappa shape index (κ3) is 4.33. The Hall–Kier alpha value is -2.81. The van der Waals surface area contributed by atoms with Gasteiger partial charge in [0, 0.05) is 29.0 Å². The van der Waals surface area contributed by atoms with E-state index in [0.29, 0.717) is 16.4 Å². The van der Waals surface area contributed by atoms with Crippen molar-refractivity contribution in [1.29, 1.82) is 0 Å². The number of hydrogen-bond acceptors (Lipinski definition) is 6. The van der Waals surface area contributed by atoms with Gasteiger partial charge >= 0.3 is 5.97 Å². The van der Waals surface area contributed by atoms with Gasteiger partial charge in [0.1, 0.15) is 0 Å². The first-order valence-electron chi connectivity index (χ1n) is 6.60. The summed E-state index contributed by atoms with van der Waals surface area (Å²) in [7, 11) is 0. The van der Waals surface area contributed by atoms with Gasteiger partial charge in [-0.05, 0) is 6.92 Å². The zero-order chi connectivity index (χ0) is 17.0. The van der Waals surface area contributed by atoms with Crippen LogP contribution in [0.25, 0.3) is 11.3 Å². The average molecular weight is 335 g/mol. The highest BCUT2D eigenvalue weighted by Crippen LogP contribution is 2.32. The SMILES string of the molecule is Cc1sc(NC(=O)CCC(=O)O)nc1-c1cccc([N+](=O)[O-])c1. The number of carboxylic acid groups (broad SMARTS) is 1. The molecule has 0 aliphatic carbocycles. The molecule has 1 amide bonds. The number of nitrogens with zero attached hydrogens (tertiary/aromatic N) is 2. The number of hydrogen-bond donors (Lipinski definition) is 2. The predicted octanol–water partition coefficient (Wildman–Crippen LogP) is 2.83. The van der Waals surface area contributed by atoms with Gasteiger partial charge in [-0.15, -0.1) is 11.3 Å². The first kappa shape index (κ1) is 16.6. The van der Waals surface area contributed by atoms with Crippen molar-refractivity contribution in [2.45, 2.75) is 19.8 Å². The third-order valence-electron chi connectivity index (χ3n) is 2.94. The number of amides is 1. The standard InChI is InChI=1S/C14H13N3O5S/c1-8-13(9-3-2-4-10(7-9)17(21)22)16-14(23-8)15-11(18)5-6-12(19)20/h2-4,7H,5-6H2,1H3,(H,19,20)(H,15,16,18). The van der Waals surface area contributed by atoms with E-state index in [2.05, 4.69) is 10.3 Å². The van der Waals surface area contributed by atoms with Crippen molar-refractivity contribution in [3.05, 3.63) is 39.3 Å². The van der Waals surface area contributed by atoms with E-state index in [9.17, 15) is 19.7 Å². The first-order valence-corrected chi connectivity index (χ1v) is 7.42. The molecule has 2 rings (SSSR count). The van der Waals surface area contributed by atoms with Crippen LogP contribution in [-0.2, 0) is 9.59 Å². The monoisotopic (exact) mass is 335 g/mol. The summed E-state index contributed by atoms with van der Waals surface area (Å²) in [4.78, 5) is 37.5. The van der Waals surface area contributed by atoms with Gasteiger partial charge in [-0.2, -0.15) is 0 Å². The van der Waals surface area contributed by atoms with Crippen LogP contribution in [0.5, 0.6) is 0 Å². The number of aromatic nitrogens is 1. The number of nitro groups is 1. The number of benzene rings is 1. The molecule has 0 bridgehead atoms. The van der Waals surface area contributed by atoms with Gasteiger partial charge in [0.2, 0.25) is 5.91 Å². The molecule has 9 heteroatoms. The Kier molecular flexibility index (Phi) is 5.02. The van der Waals surface area contributed by atoms with E-state index in [1.54, 1.807) is 19.1 Å². The molecule has 0 atom stereocenters. The lowest BCUT2D eigenvalue weighted by molar-refractivity contribution is -0.384. The minimum Gasteiger partial charge on any atom is -0.481 e. The van der Waals surface area contributed by atoms with Crippen molar-refractivity contribution in [1.82, 2.24) is 4.98 Å². The number of nitro benzene ring substituents is 1. The van der Waals surface area contributed by atoms with Crippen LogP contribution in [0.2, 0.25) is 0 Å². The number of non-ortho nitro benzene ring substituents is 1. The second-order valence-corrected chi connectivity index (χ2v) is 5.88. The van der Waals surface area contributed by atoms with Gasteiger partial charge in [-0.1, -0.05) is 12.1 Å². The summed E-state index contributed by atoms with van der Waals surface area (Å²) in [5, 5.41) is 22.2. The van der Waals surface area contributed by atoms with Crippen molar-refractivity contribution in [3.8, 4) is 11.3 Å². The quantitative estimate of drug-likeness (QED) is 0.618. The van der Waals surface area contributed by atoms with E-state index in [4.69, 9.17) is 5.11 Å². The molecule has 0 aliphatic rings. The van der Waals surface area contributed by atoms with Crippen LogP contribution < -0.4 is 5.32 Å². The molecule has 1 aromatic carbocycles. The second kappa shape index (κ2) is 6.97. The lowest BCUT2D eigenvalue weighted by Crippen LogP contribution is -2.12. The Balaban J connectivity index is 2.18. The molecule has 0 spiro atoms. The van der Waals surface area contributed by atoms with Crippen molar-refractivity contribution in [3.63, 3.8) is 0 Å². The highest BCUT2D eigenvalue weighted by Gasteiger charge is 2.15. The maximum Gasteiger partial charge on any atom is 0.303 e. The topological polar surface area (TPSA) is 122 Å². The van der Waals surface area contributed by atoms with Gasteiger partial charge in [0.15, 0.2) is 5.13 Å². The molecule has 1 heterocycles. The first-order chi connectivity index (χ1) is 10.9. The summed E-state index contributed by atoms with van der Waals surface area (Å²) in [6, 6.07) is 6.07. The van der Waals surface area contributed by atoms with Crippen LogP contribution in [0.1, 0.15) is 17.7 Å². The molecular weight excluding hydrogens is 322 g/mol. The Bertz CT molecular complexity index is 772. The zero-order valence-electron chi connectivity index (χ0n) is 12.1. The van der Waals surface area contributed by atoms with E-state index in [1.165, 1.54) is 23.5 Å². The number of aliphatic carboxylic acids is 1. The molecule has 0 aliphatic heterocycles. The van der Waals surface area contributed by atoms with Gasteiger partial charge in [0.05, 0.1) is 17.0 Å². The number of thiazole rings is 1. The van der Waals surface area contributed by atoms with E-state index < -0.39 is 16.8 Å². The zero-order valence-corrected chi connectivity index (χ0v) is 12.9. The van der Waals surface area contributed by atoms with Crippen LogP contribution in [0, 0.1) is 17.0 Å². The molecule has 0 unspecified atom stereocenters. The van der Waals surface area contributed by atoms with Crippen LogP contribution in [-0.4, -0.2) is 26.9 Å². The smallest absolute Gasteiger partial charge is 0.303 e. The number of aryl methyl sites for hydroxylation is 1. The van der Waals surface area contributed by atoms with E-state index in [1.807, 2.05) is 0 Å². The van der Waals surface area contributed by atoms with Crippen molar-refractivity contribution < 1.29 is 19.6 Å². The van der Waals surface area contributed by atoms with Crippen LogP contribution in [0.4, 0.5) is 10.8 Å². The Labute approximate surface area is 134 Å². The lowest BCUT2D eigenvalue weighted by atomic mass is 10.1. The summed E-state index contributed by atoms with van der Waals surface area (Å²) >= 11 is 1.23. The highest BCUT2D eigenvalue weighted by atomic mass is 32.1. The van der Waals surface area contributed by atoms with Gasteiger partial charge in [-0.3, -0.25) is 19.7 Å². The van der Waals surface area contributed by atoms with Crippen LogP contribution in [0.15, 0.2) is 24.3 Å². The molecule has 0 fully saturated rings. The number of rotatable bonds is 6. The number of carboxylic acids is 1. The molecule has 8 nitrogen and oxygen atoms in total. The van der Waals surface area contributed by atoms with E-state index in [-0.39, 0.29) is 18.5 Å². The molecule has 0 saturated carbocycles. The number of anilines is 1. The molecule has 1 aromatic heterocycles. The Morgan fingerprint density at radius 2 is 2.13 bits per heavy atom. The van der Waals surface area contributed by atoms with Gasteiger partial charge in [-0.25, -0.2) is 4.98 Å². The molecule has 120 valence electrons. The Morgan fingerprint density at radius 1 is 1.39 bits per heavy atom. The highest BCUT2D eigenvalue weighted by molar-refractivity contribution is 7.16. The number of carbonyl (C=O) groups excluding carboxylic acids is 1. The maximum absolute atomic E-state index is 11.6. The molecule has 0 radical (unpaired) electrons. The van der Waals surface area contributed by atoms with Crippen LogP contribution in [0.3, 0.4) is 0 Å². The lowest BCUT2D eigenvalue weighted by Gasteiger charge is -2.00. The summed E-state index contributed by atoms with van der Waals surface area (Å²) in [6.45, 7) is 1.79. The molecule has 0 saturated heterocycles. The summed E-state index contributed by atoms with van der Waals surface area (Å²) in [5.74, 6) is -1.49. The number of nitrogens with one attached hydrogen (secondary N) is 1. The second-order valence-electron chi connectivity index (χ2n) is 4.67. The van der Waals surface area contributed by atoms with Crippen molar-refractivity contribution >= 4 is 34.0 Å². The van der Waals surface area contributed by atoms with E-state index >= 15 is 0 Å². The Morgan fingerprint density at radius 3 is 2.78 bits per heavy atom. The van der Waals surface area contributed by atoms with Gasteiger partial charge < -0.3 is 10.4 Å². The largest absolute Gasteiger partial charge is 0.481 e. The minimum atomic E-state index is -1.05. The molecular formula is C14H13N3O5S. The summed E-state index contributed by atoms with van der Waals surface area (Å²) < 4.78 is 0. The maximum atomic E-state index is 11.6. The average Bonchev–Trinajstić information content (AvgIpc) is 2.85. The molecule has 2 aromatic rings. The molecule has 23 heavy (non-hydrogen) atoms. The van der Waals surface area contributed by atoms with Crippen LogP contribution >= 0.6 is 11.3 Å². The molecule has 2 N–H and O–H groups in total. The number of carbonyl (C=O) groups is 2. The minimum absolute atomic E-state index is 0.0399. The fraction of sp³-hybridized carbons (Fsp3) is 0.214. The summed E-state index contributed by atoms with van der Waals surface area (Å²) in [6.07, 6.45) is -0.395. The fourth-order valence-corrected chi connectivity index (χ4v) is 2.74. The van der Waals surface area contributed by atoms with Crippen molar-refractivity contribution in [2.24, 2.45) is 0 Å². The summed E-state index contributed by atoms with van der Waals surface area (Å²) in [5.41, 5.74) is 1.09. The normalized spacial score (nSPS) is 10.3.